The smallest absolute Gasteiger partial charge is 0.277 e. The van der Waals surface area contributed by atoms with Crippen molar-refractivity contribution in [3.05, 3.63) is 56.5 Å². The number of hydrogen-bond donors (Lipinski definition) is 1. The van der Waals surface area contributed by atoms with E-state index in [0.29, 0.717) is 28.2 Å². The molecule has 0 fully saturated rings. The van der Waals surface area contributed by atoms with Crippen LogP contribution in [0.1, 0.15) is 12.5 Å². The van der Waals surface area contributed by atoms with Crippen molar-refractivity contribution < 1.29 is 14.3 Å². The van der Waals surface area contributed by atoms with Crippen LogP contribution >= 0.6 is 39.1 Å². The molecule has 0 spiro atoms. The molecule has 0 aliphatic heterocycles. The average molecular weight is 446 g/mol. The van der Waals surface area contributed by atoms with Crippen molar-refractivity contribution in [3.63, 3.8) is 0 Å². The molecule has 0 heterocycles. The van der Waals surface area contributed by atoms with Gasteiger partial charge in [0.1, 0.15) is 11.5 Å². The summed E-state index contributed by atoms with van der Waals surface area (Å²) >= 11 is 15.2. The second-order valence-corrected chi connectivity index (χ2v) is 6.53. The van der Waals surface area contributed by atoms with E-state index in [-0.39, 0.29) is 6.61 Å². The fraction of sp³-hybridized carbons (Fsp3) is 0.176. The van der Waals surface area contributed by atoms with Crippen LogP contribution in [0.3, 0.4) is 0 Å². The molecular weight excluding hydrogens is 431 g/mol. The zero-order valence-electron chi connectivity index (χ0n) is 13.3. The average Bonchev–Trinajstić information content (AvgIpc) is 2.56. The number of carbonyl (C=O) groups is 1. The highest BCUT2D eigenvalue weighted by molar-refractivity contribution is 9.10. The number of nitrogens with one attached hydrogen (secondary N) is 1. The zero-order chi connectivity index (χ0) is 18.2. The summed E-state index contributed by atoms with van der Waals surface area (Å²) in [7, 11) is 0. The molecule has 0 atom stereocenters. The second-order valence-electron chi connectivity index (χ2n) is 4.77. The molecule has 2 aromatic rings. The van der Waals surface area contributed by atoms with Crippen LogP contribution in [0.4, 0.5) is 0 Å². The normalized spacial score (nSPS) is 10.7. The predicted octanol–water partition coefficient (Wildman–Crippen LogP) is 4.68. The number of ether oxygens (including phenoxy) is 2. The van der Waals surface area contributed by atoms with E-state index >= 15 is 0 Å². The minimum atomic E-state index is -0.421. The molecule has 1 amide bonds. The molecule has 0 aromatic heterocycles. The van der Waals surface area contributed by atoms with Crippen molar-refractivity contribution in [1.29, 1.82) is 0 Å². The number of hydrogen-bond acceptors (Lipinski definition) is 4. The fourth-order valence-electron chi connectivity index (χ4n) is 1.85. The van der Waals surface area contributed by atoms with E-state index in [1.165, 1.54) is 12.3 Å². The van der Waals surface area contributed by atoms with Crippen molar-refractivity contribution in [1.82, 2.24) is 5.43 Å². The van der Waals surface area contributed by atoms with Crippen LogP contribution in [0.5, 0.6) is 11.5 Å². The Kier molecular flexibility index (Phi) is 7.55. The van der Waals surface area contributed by atoms with Gasteiger partial charge in [0.25, 0.3) is 5.91 Å². The molecule has 2 rings (SSSR count). The van der Waals surface area contributed by atoms with E-state index in [1.54, 1.807) is 12.1 Å². The summed E-state index contributed by atoms with van der Waals surface area (Å²) in [5.41, 5.74) is 3.12. The highest BCUT2D eigenvalue weighted by atomic mass is 79.9. The maximum atomic E-state index is 11.8. The van der Waals surface area contributed by atoms with E-state index in [1.807, 2.05) is 25.1 Å². The van der Waals surface area contributed by atoms with Crippen molar-refractivity contribution in [2.75, 3.05) is 13.2 Å². The highest BCUT2D eigenvalue weighted by Crippen LogP contribution is 2.27. The number of halogens is 3. The SMILES string of the molecule is CCOc1ccc(Br)cc1C=NNC(=O)COc1ccc(Cl)cc1Cl. The Morgan fingerprint density at radius 2 is 1.96 bits per heavy atom. The minimum Gasteiger partial charge on any atom is -0.493 e. The van der Waals surface area contributed by atoms with Gasteiger partial charge in [0.2, 0.25) is 0 Å². The third-order valence-electron chi connectivity index (χ3n) is 2.92. The molecule has 2 aromatic carbocycles. The number of benzene rings is 2. The molecule has 25 heavy (non-hydrogen) atoms. The minimum absolute atomic E-state index is 0.227. The lowest BCUT2D eigenvalue weighted by Crippen LogP contribution is -2.24. The Hall–Kier alpha value is -1.76. The van der Waals surface area contributed by atoms with Crippen LogP contribution in [0.25, 0.3) is 0 Å². The van der Waals surface area contributed by atoms with Crippen molar-refractivity contribution >= 4 is 51.3 Å². The van der Waals surface area contributed by atoms with Crippen molar-refractivity contribution in [2.24, 2.45) is 5.10 Å². The first kappa shape index (κ1) is 19.6. The summed E-state index contributed by atoms with van der Waals surface area (Å²) in [4.78, 5) is 11.8. The van der Waals surface area contributed by atoms with Crippen LogP contribution in [0.2, 0.25) is 10.0 Å². The number of amides is 1. The lowest BCUT2D eigenvalue weighted by Gasteiger charge is -2.08. The van der Waals surface area contributed by atoms with Gasteiger partial charge in [-0.1, -0.05) is 39.1 Å². The van der Waals surface area contributed by atoms with Gasteiger partial charge in [-0.3, -0.25) is 4.79 Å². The summed E-state index contributed by atoms with van der Waals surface area (Å²) in [6.45, 7) is 2.20. The van der Waals surface area contributed by atoms with Gasteiger partial charge in [-0.15, -0.1) is 0 Å². The largest absolute Gasteiger partial charge is 0.493 e. The lowest BCUT2D eigenvalue weighted by molar-refractivity contribution is -0.123. The Balaban J connectivity index is 1.91. The third kappa shape index (κ3) is 6.23. The Morgan fingerprint density at radius 1 is 1.20 bits per heavy atom. The van der Waals surface area contributed by atoms with E-state index in [9.17, 15) is 4.79 Å². The monoisotopic (exact) mass is 444 g/mol. The van der Waals surface area contributed by atoms with E-state index in [2.05, 4.69) is 26.5 Å². The van der Waals surface area contributed by atoms with Crippen LogP contribution in [0.15, 0.2) is 46.0 Å². The molecule has 0 radical (unpaired) electrons. The van der Waals surface area contributed by atoms with Gasteiger partial charge in [-0.05, 0) is 43.3 Å². The van der Waals surface area contributed by atoms with Crippen molar-refractivity contribution in [2.45, 2.75) is 6.92 Å². The number of carbonyl (C=O) groups excluding carboxylic acids is 1. The summed E-state index contributed by atoms with van der Waals surface area (Å²) in [6.07, 6.45) is 1.50. The topological polar surface area (TPSA) is 59.9 Å². The van der Waals surface area contributed by atoms with Crippen LogP contribution < -0.4 is 14.9 Å². The fourth-order valence-corrected chi connectivity index (χ4v) is 2.69. The first-order valence-corrected chi connectivity index (χ1v) is 8.86. The molecule has 0 unspecified atom stereocenters. The number of nitrogens with zero attached hydrogens (tertiary/aromatic N) is 1. The van der Waals surface area contributed by atoms with Crippen LogP contribution in [0, 0.1) is 0 Å². The summed E-state index contributed by atoms with van der Waals surface area (Å²) < 4.78 is 11.7. The van der Waals surface area contributed by atoms with Gasteiger partial charge < -0.3 is 9.47 Å². The molecule has 0 aliphatic rings. The van der Waals surface area contributed by atoms with E-state index < -0.39 is 5.91 Å². The maximum absolute atomic E-state index is 11.8. The number of hydrazone groups is 1. The van der Waals surface area contributed by atoms with E-state index in [4.69, 9.17) is 32.7 Å². The van der Waals surface area contributed by atoms with Gasteiger partial charge >= 0.3 is 0 Å². The summed E-state index contributed by atoms with van der Waals surface area (Å²) in [5, 5.41) is 4.74. The standard InChI is InChI=1S/C17H15BrCl2N2O3/c1-2-24-15-5-3-12(18)7-11(15)9-21-22-17(23)10-25-16-6-4-13(19)8-14(16)20/h3-9H,2,10H2,1H3,(H,22,23). The van der Waals surface area contributed by atoms with Crippen molar-refractivity contribution in [3.8, 4) is 11.5 Å². The third-order valence-corrected chi connectivity index (χ3v) is 3.94. The molecule has 0 bridgehead atoms. The quantitative estimate of drug-likeness (QED) is 0.497. The van der Waals surface area contributed by atoms with Gasteiger partial charge in [0.05, 0.1) is 17.8 Å². The Morgan fingerprint density at radius 3 is 2.68 bits per heavy atom. The van der Waals surface area contributed by atoms with Gasteiger partial charge in [-0.2, -0.15) is 5.10 Å². The Bertz CT molecular complexity index is 784. The highest BCUT2D eigenvalue weighted by Gasteiger charge is 2.06. The van der Waals surface area contributed by atoms with Gasteiger partial charge in [-0.25, -0.2) is 5.43 Å². The number of rotatable bonds is 7. The molecule has 0 saturated carbocycles. The van der Waals surface area contributed by atoms with Crippen LogP contribution in [-0.2, 0) is 4.79 Å². The molecule has 5 nitrogen and oxygen atoms in total. The zero-order valence-corrected chi connectivity index (χ0v) is 16.4. The molecule has 0 aliphatic carbocycles. The molecule has 132 valence electrons. The second kappa shape index (κ2) is 9.65. The maximum Gasteiger partial charge on any atom is 0.277 e. The molecular formula is C17H15BrCl2N2O3. The lowest BCUT2D eigenvalue weighted by atomic mass is 10.2. The summed E-state index contributed by atoms with van der Waals surface area (Å²) in [6, 6.07) is 10.3. The molecule has 8 heteroatoms. The Labute approximate surface area is 164 Å². The predicted molar refractivity (Wildman–Crippen MR) is 103 cm³/mol. The first-order valence-electron chi connectivity index (χ1n) is 7.31. The molecule has 0 saturated heterocycles. The van der Waals surface area contributed by atoms with Gasteiger partial charge in [0, 0.05) is 15.1 Å². The van der Waals surface area contributed by atoms with E-state index in [0.717, 1.165) is 10.0 Å². The first-order chi connectivity index (χ1) is 12.0. The summed E-state index contributed by atoms with van der Waals surface area (Å²) in [5.74, 6) is 0.624. The van der Waals surface area contributed by atoms with Crippen LogP contribution in [-0.4, -0.2) is 25.3 Å². The van der Waals surface area contributed by atoms with Gasteiger partial charge in [0.15, 0.2) is 6.61 Å². The molecule has 1 N–H and O–H groups in total.